The van der Waals surface area contributed by atoms with Crippen molar-refractivity contribution in [2.24, 2.45) is 16.6 Å². The molecule has 3 aliphatic carbocycles. The van der Waals surface area contributed by atoms with Gasteiger partial charge in [-0.3, -0.25) is 9.97 Å². The summed E-state index contributed by atoms with van der Waals surface area (Å²) in [7, 11) is 0. The number of hydrogen-bond donors (Lipinski definition) is 1. The molecule has 3 fully saturated rings. The first-order valence-electron chi connectivity index (χ1n) is 12.0. The number of rotatable bonds is 6. The normalized spacial score (nSPS) is 26.0. The Morgan fingerprint density at radius 1 is 0.973 bits per heavy atom. The van der Waals surface area contributed by atoms with Gasteiger partial charge >= 0.3 is 12.3 Å². The predicted molar refractivity (Wildman–Crippen MR) is 130 cm³/mol. The zero-order valence-electron chi connectivity index (χ0n) is 20.8. The van der Waals surface area contributed by atoms with Crippen LogP contribution in [0.25, 0.3) is 0 Å². The molecule has 2 N–H and O–H groups in total. The standard InChI is InChI=1S/C26H29BrF5N3O2/c1-21(2,26(30,31)32)25(37-20(33)36,19-14-17(27)6-13-34-19)24-10-7-23(8-11-24,9-12-24)18-5-4-16(15-35-18)22(3,28)29/h4-6,13-15H,7-12H2,1-3H3,(H2,33,36). The van der Waals surface area contributed by atoms with Crippen molar-refractivity contribution in [3.8, 4) is 0 Å². The van der Waals surface area contributed by atoms with E-state index in [1.165, 1.54) is 24.5 Å². The van der Waals surface area contributed by atoms with Crippen molar-refractivity contribution in [3.63, 3.8) is 0 Å². The molecule has 0 aromatic carbocycles. The van der Waals surface area contributed by atoms with Crippen molar-refractivity contribution in [1.29, 1.82) is 0 Å². The molecule has 0 saturated heterocycles. The highest BCUT2D eigenvalue weighted by atomic mass is 79.9. The number of carbonyl (C=O) groups excluding carboxylic acids is 1. The summed E-state index contributed by atoms with van der Waals surface area (Å²) in [6.07, 6.45) is -1.35. The molecule has 5 rings (SSSR count). The molecule has 3 aliphatic rings. The van der Waals surface area contributed by atoms with E-state index in [1.54, 1.807) is 12.1 Å². The molecule has 2 aromatic rings. The fourth-order valence-corrected chi connectivity index (χ4v) is 6.89. The molecule has 202 valence electrons. The number of primary amides is 1. The van der Waals surface area contributed by atoms with Crippen LogP contribution in [-0.2, 0) is 21.7 Å². The Balaban J connectivity index is 1.82. The Morgan fingerprint density at radius 3 is 2.00 bits per heavy atom. The van der Waals surface area contributed by atoms with Crippen molar-refractivity contribution in [1.82, 2.24) is 9.97 Å². The van der Waals surface area contributed by atoms with Crippen LogP contribution in [0.4, 0.5) is 26.7 Å². The average molecular weight is 590 g/mol. The molecule has 2 bridgehead atoms. The van der Waals surface area contributed by atoms with E-state index in [4.69, 9.17) is 10.5 Å². The van der Waals surface area contributed by atoms with E-state index >= 15 is 0 Å². The van der Waals surface area contributed by atoms with Crippen molar-refractivity contribution < 1.29 is 31.5 Å². The second-order valence-corrected chi connectivity index (χ2v) is 11.9. The van der Waals surface area contributed by atoms with Crippen LogP contribution >= 0.6 is 15.9 Å². The lowest BCUT2D eigenvalue weighted by Crippen LogP contribution is -2.66. The van der Waals surface area contributed by atoms with Crippen molar-refractivity contribution >= 4 is 22.0 Å². The van der Waals surface area contributed by atoms with Crippen LogP contribution in [0.5, 0.6) is 0 Å². The Morgan fingerprint density at radius 2 is 1.57 bits per heavy atom. The zero-order chi connectivity index (χ0) is 27.5. The van der Waals surface area contributed by atoms with Gasteiger partial charge in [0, 0.05) is 45.9 Å². The van der Waals surface area contributed by atoms with E-state index in [1.807, 2.05) is 0 Å². The third-order valence-corrected chi connectivity index (χ3v) is 9.23. The van der Waals surface area contributed by atoms with Gasteiger partial charge in [-0.2, -0.15) is 13.2 Å². The minimum Gasteiger partial charge on any atom is -0.435 e. The maximum atomic E-state index is 14.8. The zero-order valence-corrected chi connectivity index (χ0v) is 22.3. The Labute approximate surface area is 220 Å². The van der Waals surface area contributed by atoms with Crippen LogP contribution in [-0.4, -0.2) is 22.2 Å². The Bertz CT molecular complexity index is 1160. The number of nitrogens with zero attached hydrogens (tertiary/aromatic N) is 2. The minimum absolute atomic E-state index is 0.0231. The third-order valence-electron chi connectivity index (χ3n) is 8.73. The van der Waals surface area contributed by atoms with Gasteiger partial charge in [0.1, 0.15) is 5.41 Å². The van der Waals surface area contributed by atoms with Crippen LogP contribution in [0, 0.1) is 10.8 Å². The fraction of sp³-hybridized carbons (Fsp3) is 0.577. The summed E-state index contributed by atoms with van der Waals surface area (Å²) in [6.45, 7) is 2.85. The highest BCUT2D eigenvalue weighted by molar-refractivity contribution is 9.10. The molecule has 11 heteroatoms. The Kier molecular flexibility index (Phi) is 6.66. The van der Waals surface area contributed by atoms with E-state index in [0.717, 1.165) is 20.8 Å². The second kappa shape index (κ2) is 8.88. The molecule has 37 heavy (non-hydrogen) atoms. The number of pyridine rings is 2. The van der Waals surface area contributed by atoms with Crippen molar-refractivity contribution in [3.05, 3.63) is 58.1 Å². The van der Waals surface area contributed by atoms with Crippen LogP contribution in [0.1, 0.15) is 76.2 Å². The monoisotopic (exact) mass is 589 g/mol. The van der Waals surface area contributed by atoms with Gasteiger partial charge in [0.2, 0.25) is 0 Å². The second-order valence-electron chi connectivity index (χ2n) is 11.0. The summed E-state index contributed by atoms with van der Waals surface area (Å²) in [5.41, 5.74) is -0.460. The molecule has 3 saturated carbocycles. The lowest BCUT2D eigenvalue weighted by molar-refractivity contribution is -0.315. The van der Waals surface area contributed by atoms with Gasteiger partial charge in [0.05, 0.1) is 5.69 Å². The summed E-state index contributed by atoms with van der Waals surface area (Å²) in [5.74, 6) is -3.02. The SMILES string of the molecule is CC(F)(F)c1ccc(C23CCC(C(OC(N)=O)(c4cc(Br)ccn4)C(C)(C)C(F)(F)F)(CC2)CC3)nc1. The van der Waals surface area contributed by atoms with Gasteiger partial charge in [0.15, 0.2) is 5.60 Å². The van der Waals surface area contributed by atoms with Crippen LogP contribution in [0.15, 0.2) is 41.1 Å². The summed E-state index contributed by atoms with van der Waals surface area (Å²) >= 11 is 3.32. The number of nitrogens with two attached hydrogens (primary N) is 1. The van der Waals surface area contributed by atoms with Crippen molar-refractivity contribution in [2.45, 2.75) is 82.4 Å². The summed E-state index contributed by atoms with van der Waals surface area (Å²) in [5, 5.41) is 0. The number of alkyl halides is 5. The van der Waals surface area contributed by atoms with Gasteiger partial charge in [-0.1, -0.05) is 15.9 Å². The van der Waals surface area contributed by atoms with E-state index < -0.39 is 40.0 Å². The first-order chi connectivity index (χ1) is 17.0. The number of fused-ring (bicyclic) bond motifs is 3. The molecule has 2 aromatic heterocycles. The molecule has 1 atom stereocenters. The molecular weight excluding hydrogens is 561 g/mol. The molecule has 0 spiro atoms. The van der Waals surface area contributed by atoms with Crippen LogP contribution in [0.3, 0.4) is 0 Å². The fourth-order valence-electron chi connectivity index (χ4n) is 6.56. The van der Waals surface area contributed by atoms with E-state index in [0.29, 0.717) is 29.4 Å². The Hall–Kier alpha value is -2.30. The summed E-state index contributed by atoms with van der Waals surface area (Å²) in [4.78, 5) is 20.9. The number of hydrogen-bond acceptors (Lipinski definition) is 4. The minimum atomic E-state index is -4.77. The predicted octanol–water partition coefficient (Wildman–Crippen LogP) is 7.52. The topological polar surface area (TPSA) is 78.1 Å². The summed E-state index contributed by atoms with van der Waals surface area (Å²) < 4.78 is 77.9. The molecule has 0 aliphatic heterocycles. The maximum Gasteiger partial charge on any atom is 0.405 e. The van der Waals surface area contributed by atoms with Crippen molar-refractivity contribution in [2.75, 3.05) is 0 Å². The largest absolute Gasteiger partial charge is 0.435 e. The molecule has 2 heterocycles. The molecular formula is C26H29BrF5N3O2. The first kappa shape index (κ1) is 27.7. The van der Waals surface area contributed by atoms with E-state index in [9.17, 15) is 26.7 Å². The molecule has 1 unspecified atom stereocenters. The van der Waals surface area contributed by atoms with E-state index in [-0.39, 0.29) is 30.5 Å². The lowest BCUT2D eigenvalue weighted by Gasteiger charge is -2.63. The average Bonchev–Trinajstić information content (AvgIpc) is 2.82. The molecule has 1 amide bonds. The van der Waals surface area contributed by atoms with E-state index in [2.05, 4.69) is 25.9 Å². The number of aromatic nitrogens is 2. The highest BCUT2D eigenvalue weighted by Gasteiger charge is 2.74. The quantitative estimate of drug-likeness (QED) is 0.353. The van der Waals surface area contributed by atoms with Gasteiger partial charge in [-0.25, -0.2) is 13.6 Å². The van der Waals surface area contributed by atoms with Gasteiger partial charge < -0.3 is 10.5 Å². The number of halogens is 6. The smallest absolute Gasteiger partial charge is 0.405 e. The van der Waals surface area contributed by atoms with Gasteiger partial charge in [-0.05, 0) is 76.6 Å². The van der Waals surface area contributed by atoms with Gasteiger partial charge in [0.25, 0.3) is 5.92 Å². The number of ether oxygens (including phenoxy) is 1. The highest BCUT2D eigenvalue weighted by Crippen LogP contribution is 2.70. The molecule has 5 nitrogen and oxygen atoms in total. The third kappa shape index (κ3) is 4.30. The lowest BCUT2D eigenvalue weighted by atomic mass is 9.43. The molecule has 0 radical (unpaired) electrons. The first-order valence-corrected chi connectivity index (χ1v) is 12.8. The number of amides is 1. The van der Waals surface area contributed by atoms with Crippen LogP contribution in [0.2, 0.25) is 0 Å². The van der Waals surface area contributed by atoms with Crippen LogP contribution < -0.4 is 5.73 Å². The summed E-state index contributed by atoms with van der Waals surface area (Å²) in [6, 6.07) is 5.98. The van der Waals surface area contributed by atoms with Gasteiger partial charge in [-0.15, -0.1) is 0 Å². The number of carbonyl (C=O) groups is 1. The maximum absolute atomic E-state index is 14.8.